The topological polar surface area (TPSA) is 98.5 Å². The Kier molecular flexibility index (Phi) is 5.25. The summed E-state index contributed by atoms with van der Waals surface area (Å²) < 4.78 is 5.37. The van der Waals surface area contributed by atoms with Gasteiger partial charge >= 0.3 is 6.09 Å². The second kappa shape index (κ2) is 6.33. The minimum Gasteiger partial charge on any atom is -0.444 e. The first-order valence-corrected chi connectivity index (χ1v) is 6.96. The molecule has 0 bridgehead atoms. The molecule has 1 fully saturated rings. The van der Waals surface area contributed by atoms with E-state index in [2.05, 4.69) is 10.0 Å². The summed E-state index contributed by atoms with van der Waals surface area (Å²) in [5, 5.41) is 14.1. The minimum atomic E-state index is -1.19. The molecule has 1 N–H and O–H groups in total. The summed E-state index contributed by atoms with van der Waals surface area (Å²) in [5.74, 6) is 0. The molecule has 0 aromatic heterocycles. The average Bonchev–Trinajstić information content (AvgIpc) is 2.83. The zero-order valence-corrected chi connectivity index (χ0v) is 12.7. The van der Waals surface area contributed by atoms with Crippen molar-refractivity contribution >= 4 is 6.09 Å². The Morgan fingerprint density at radius 2 is 2.20 bits per heavy atom. The largest absolute Gasteiger partial charge is 0.444 e. The van der Waals surface area contributed by atoms with Gasteiger partial charge in [0.25, 0.3) is 0 Å². The molecule has 1 amide bonds. The number of likely N-dealkylation sites (tertiary alicyclic amines) is 1. The molecule has 0 radical (unpaired) electrons. The van der Waals surface area contributed by atoms with E-state index in [1.54, 1.807) is 4.90 Å². The Morgan fingerprint density at radius 3 is 2.70 bits per heavy atom. The molecule has 2 atom stereocenters. The van der Waals surface area contributed by atoms with Crippen molar-refractivity contribution in [3.8, 4) is 0 Å². The Hall–Kier alpha value is -1.46. The van der Waals surface area contributed by atoms with E-state index >= 15 is 0 Å². The van der Waals surface area contributed by atoms with Crippen LogP contribution in [0.2, 0.25) is 0 Å². The number of ether oxygens (including phenoxy) is 1. The van der Waals surface area contributed by atoms with Gasteiger partial charge in [0.2, 0.25) is 0 Å². The Morgan fingerprint density at radius 1 is 1.55 bits per heavy atom. The number of aliphatic hydroxyl groups is 1. The van der Waals surface area contributed by atoms with Crippen molar-refractivity contribution in [1.82, 2.24) is 4.90 Å². The number of carbonyl (C=O) groups is 1. The fraction of sp³-hybridized carbons (Fsp3) is 0.923. The van der Waals surface area contributed by atoms with Gasteiger partial charge in [-0.3, -0.25) is 0 Å². The molecule has 7 heteroatoms. The van der Waals surface area contributed by atoms with Gasteiger partial charge in [-0.2, -0.15) is 0 Å². The van der Waals surface area contributed by atoms with Crippen molar-refractivity contribution in [3.63, 3.8) is 0 Å². The Bertz CT molecular complexity index is 401. The fourth-order valence-electron chi connectivity index (χ4n) is 2.47. The first kappa shape index (κ1) is 16.6. The molecule has 1 heterocycles. The molecule has 1 rings (SSSR count). The van der Waals surface area contributed by atoms with E-state index in [-0.39, 0.29) is 12.6 Å². The number of carbonyl (C=O) groups excluding carboxylic acids is 1. The SMILES string of the molecule is CC[C@@](O)(CN=[N+]=[N-])[C@@H]1CCCN1C(=O)OC(C)(C)C. The monoisotopic (exact) mass is 284 g/mol. The van der Waals surface area contributed by atoms with Gasteiger partial charge in [0.1, 0.15) is 5.60 Å². The lowest BCUT2D eigenvalue weighted by molar-refractivity contribution is -0.0407. The first-order chi connectivity index (χ1) is 9.23. The van der Waals surface area contributed by atoms with Crippen LogP contribution in [0.4, 0.5) is 4.79 Å². The summed E-state index contributed by atoms with van der Waals surface area (Å²) in [4.78, 5) is 16.5. The van der Waals surface area contributed by atoms with E-state index in [9.17, 15) is 9.90 Å². The third-order valence-electron chi connectivity index (χ3n) is 3.52. The summed E-state index contributed by atoms with van der Waals surface area (Å²) in [7, 11) is 0. The van der Waals surface area contributed by atoms with Crippen molar-refractivity contribution in [2.75, 3.05) is 13.1 Å². The van der Waals surface area contributed by atoms with Crippen LogP contribution < -0.4 is 0 Å². The third kappa shape index (κ3) is 4.02. The summed E-state index contributed by atoms with van der Waals surface area (Å²) >= 11 is 0. The molecule has 0 aromatic rings. The van der Waals surface area contributed by atoms with E-state index in [0.29, 0.717) is 19.4 Å². The van der Waals surface area contributed by atoms with Gasteiger partial charge in [-0.25, -0.2) is 4.79 Å². The predicted molar refractivity (Wildman–Crippen MR) is 75.2 cm³/mol. The zero-order chi connectivity index (χ0) is 15.4. The maximum absolute atomic E-state index is 12.2. The number of hydrogen-bond donors (Lipinski definition) is 1. The molecule has 114 valence electrons. The van der Waals surface area contributed by atoms with Gasteiger partial charge in [-0.15, -0.1) is 0 Å². The third-order valence-corrected chi connectivity index (χ3v) is 3.52. The highest BCUT2D eigenvalue weighted by molar-refractivity contribution is 5.69. The summed E-state index contributed by atoms with van der Waals surface area (Å²) in [6, 6.07) is -0.368. The molecule has 20 heavy (non-hydrogen) atoms. The summed E-state index contributed by atoms with van der Waals surface area (Å²) in [6.45, 7) is 7.76. The van der Waals surface area contributed by atoms with Gasteiger partial charge < -0.3 is 14.7 Å². The first-order valence-electron chi connectivity index (χ1n) is 6.96. The second-order valence-electron chi connectivity index (χ2n) is 6.18. The maximum atomic E-state index is 12.2. The average molecular weight is 284 g/mol. The van der Waals surface area contributed by atoms with Crippen molar-refractivity contribution in [3.05, 3.63) is 10.4 Å². The number of hydrogen-bond acceptors (Lipinski definition) is 4. The van der Waals surface area contributed by atoms with E-state index in [1.807, 2.05) is 27.7 Å². The van der Waals surface area contributed by atoms with E-state index in [4.69, 9.17) is 10.3 Å². The van der Waals surface area contributed by atoms with Gasteiger partial charge in [-0.05, 0) is 45.6 Å². The fourth-order valence-corrected chi connectivity index (χ4v) is 2.47. The molecule has 1 saturated heterocycles. The minimum absolute atomic E-state index is 0.0377. The van der Waals surface area contributed by atoms with Crippen molar-refractivity contribution in [1.29, 1.82) is 0 Å². The van der Waals surface area contributed by atoms with Crippen LogP contribution in [0.1, 0.15) is 47.0 Å². The van der Waals surface area contributed by atoms with Crippen molar-refractivity contribution < 1.29 is 14.6 Å². The molecule has 1 aliphatic rings. The highest BCUT2D eigenvalue weighted by Crippen LogP contribution is 2.31. The van der Waals surface area contributed by atoms with Gasteiger partial charge in [0.05, 0.1) is 18.2 Å². The molecule has 0 spiro atoms. The van der Waals surface area contributed by atoms with E-state index in [1.165, 1.54) is 0 Å². The van der Waals surface area contributed by atoms with Gasteiger partial charge in [0, 0.05) is 11.5 Å². The molecular weight excluding hydrogens is 260 g/mol. The van der Waals surface area contributed by atoms with E-state index < -0.39 is 17.3 Å². The van der Waals surface area contributed by atoms with Crippen LogP contribution in [0.3, 0.4) is 0 Å². The zero-order valence-electron chi connectivity index (χ0n) is 12.7. The van der Waals surface area contributed by atoms with Crippen molar-refractivity contribution in [2.45, 2.75) is 64.2 Å². The standard InChI is InChI=1S/C13H24N4O3/c1-5-13(19,9-15-16-14)10-7-6-8-17(10)11(18)20-12(2,3)4/h10,19H,5-9H2,1-4H3/t10-,13+/m0/s1. The lowest BCUT2D eigenvalue weighted by Gasteiger charge is -2.38. The molecule has 0 saturated carbocycles. The van der Waals surface area contributed by atoms with Crippen LogP contribution in [0.5, 0.6) is 0 Å². The van der Waals surface area contributed by atoms with Crippen LogP contribution in [0.25, 0.3) is 10.4 Å². The predicted octanol–water partition coefficient (Wildman–Crippen LogP) is 2.84. The Labute approximate surface area is 119 Å². The number of amides is 1. The summed E-state index contributed by atoms with van der Waals surface area (Å²) in [6.07, 6.45) is 1.48. The highest BCUT2D eigenvalue weighted by atomic mass is 16.6. The number of azide groups is 1. The number of rotatable bonds is 4. The molecule has 1 aliphatic heterocycles. The molecule has 0 unspecified atom stereocenters. The maximum Gasteiger partial charge on any atom is 0.410 e. The molecule has 0 aromatic carbocycles. The second-order valence-corrected chi connectivity index (χ2v) is 6.18. The van der Waals surface area contributed by atoms with Crippen LogP contribution in [-0.4, -0.2) is 46.4 Å². The Balaban J connectivity index is 2.87. The van der Waals surface area contributed by atoms with Gasteiger partial charge in [0.15, 0.2) is 0 Å². The quantitative estimate of drug-likeness (QED) is 0.488. The smallest absolute Gasteiger partial charge is 0.410 e. The van der Waals surface area contributed by atoms with Crippen LogP contribution in [0.15, 0.2) is 5.11 Å². The lowest BCUT2D eigenvalue weighted by atomic mass is 9.89. The molecule has 0 aliphatic carbocycles. The van der Waals surface area contributed by atoms with Crippen LogP contribution >= 0.6 is 0 Å². The summed E-state index contributed by atoms with van der Waals surface area (Å²) in [5.41, 5.74) is 6.67. The van der Waals surface area contributed by atoms with Crippen LogP contribution in [0, 0.1) is 0 Å². The van der Waals surface area contributed by atoms with E-state index in [0.717, 1.165) is 6.42 Å². The van der Waals surface area contributed by atoms with Crippen molar-refractivity contribution in [2.24, 2.45) is 5.11 Å². The normalized spacial score (nSPS) is 22.1. The van der Waals surface area contributed by atoms with Crippen LogP contribution in [-0.2, 0) is 4.74 Å². The van der Waals surface area contributed by atoms with Gasteiger partial charge in [-0.1, -0.05) is 12.0 Å². The molecule has 7 nitrogen and oxygen atoms in total. The number of nitrogens with zero attached hydrogens (tertiary/aromatic N) is 4. The lowest BCUT2D eigenvalue weighted by Crippen LogP contribution is -2.54. The highest BCUT2D eigenvalue weighted by Gasteiger charge is 2.44. The molecular formula is C13H24N4O3.